The van der Waals surface area contributed by atoms with Gasteiger partial charge in [0.2, 0.25) is 5.95 Å². The number of ether oxygens (including phenoxy) is 1. The fraction of sp³-hybridized carbons (Fsp3) is 0.400. The molecule has 3 aromatic rings. The van der Waals surface area contributed by atoms with Gasteiger partial charge in [-0.3, -0.25) is 9.78 Å². The summed E-state index contributed by atoms with van der Waals surface area (Å²) >= 11 is 0. The molecule has 4 rings (SSSR count). The van der Waals surface area contributed by atoms with E-state index in [0.717, 1.165) is 18.5 Å². The van der Waals surface area contributed by atoms with Crippen LogP contribution >= 0.6 is 0 Å². The first-order chi connectivity index (χ1) is 14.0. The van der Waals surface area contributed by atoms with Crippen molar-refractivity contribution >= 4 is 23.1 Å². The first-order valence-corrected chi connectivity index (χ1v) is 9.77. The van der Waals surface area contributed by atoms with Crippen molar-refractivity contribution in [3.63, 3.8) is 0 Å². The van der Waals surface area contributed by atoms with Crippen LogP contribution in [-0.2, 0) is 4.74 Å². The van der Waals surface area contributed by atoms with Crippen molar-refractivity contribution in [2.24, 2.45) is 0 Å². The number of para-hydroxylation sites is 1. The molecule has 1 aliphatic rings. The number of rotatable bonds is 4. The number of fused-ring (bicyclic) bond motifs is 1. The molecule has 29 heavy (non-hydrogen) atoms. The number of carbonyl (C=O) groups is 1. The molecule has 9 nitrogen and oxygen atoms in total. The predicted molar refractivity (Wildman–Crippen MR) is 109 cm³/mol. The zero-order valence-electron chi connectivity index (χ0n) is 16.5. The summed E-state index contributed by atoms with van der Waals surface area (Å²) in [4.78, 5) is 33.6. The van der Waals surface area contributed by atoms with Gasteiger partial charge in [-0.15, -0.1) is 0 Å². The molecule has 2 N–H and O–H groups in total. The summed E-state index contributed by atoms with van der Waals surface area (Å²) in [6, 6.07) is 9.67. The molecule has 1 amide bonds. The maximum Gasteiger partial charge on any atom is 0.410 e. The van der Waals surface area contributed by atoms with E-state index in [-0.39, 0.29) is 23.8 Å². The molecule has 152 valence electrons. The van der Waals surface area contributed by atoms with Gasteiger partial charge in [0.25, 0.3) is 5.56 Å². The molecule has 0 spiro atoms. The zero-order chi connectivity index (χ0) is 20.4. The molecule has 0 atom stereocenters. The summed E-state index contributed by atoms with van der Waals surface area (Å²) < 4.78 is 6.90. The predicted octanol–water partition coefficient (Wildman–Crippen LogP) is 2.53. The van der Waals surface area contributed by atoms with Crippen LogP contribution in [0.3, 0.4) is 0 Å². The third-order valence-corrected chi connectivity index (χ3v) is 4.87. The van der Waals surface area contributed by atoms with Gasteiger partial charge in [0.15, 0.2) is 5.65 Å². The van der Waals surface area contributed by atoms with Gasteiger partial charge in [-0.05, 0) is 38.8 Å². The smallest absolute Gasteiger partial charge is 0.410 e. The second-order valence-electron chi connectivity index (χ2n) is 7.38. The molecule has 1 saturated heterocycles. The van der Waals surface area contributed by atoms with E-state index in [4.69, 9.17) is 4.74 Å². The van der Waals surface area contributed by atoms with Gasteiger partial charge in [0.1, 0.15) is 5.39 Å². The summed E-state index contributed by atoms with van der Waals surface area (Å²) in [6.45, 7) is 4.87. The van der Waals surface area contributed by atoms with Crippen LogP contribution in [0.5, 0.6) is 0 Å². The van der Waals surface area contributed by atoms with E-state index < -0.39 is 0 Å². The molecule has 1 aliphatic heterocycles. The number of hydrogen-bond acceptors (Lipinski definition) is 6. The van der Waals surface area contributed by atoms with E-state index in [0.29, 0.717) is 30.1 Å². The number of aromatic amines is 1. The Morgan fingerprint density at radius 3 is 2.66 bits per heavy atom. The van der Waals surface area contributed by atoms with Gasteiger partial charge in [-0.1, -0.05) is 18.2 Å². The van der Waals surface area contributed by atoms with Crippen LogP contribution in [0.15, 0.2) is 41.3 Å². The van der Waals surface area contributed by atoms with E-state index in [1.165, 1.54) is 6.20 Å². The highest BCUT2D eigenvalue weighted by atomic mass is 16.6. The number of nitrogens with one attached hydrogen (secondary N) is 2. The lowest BCUT2D eigenvalue weighted by Gasteiger charge is -2.32. The van der Waals surface area contributed by atoms with E-state index in [1.807, 2.05) is 44.2 Å². The average molecular weight is 396 g/mol. The standard InChI is InChI=1S/C20H24N6O3/c1-13(2)29-20(28)25-10-8-14(9-11-25)22-19-23-17-16(18(27)24-19)12-21-26(17)15-6-4-3-5-7-15/h3-7,12-14H,8-11H2,1-2H3,(H2,22,23,24,27). The number of aromatic nitrogens is 4. The Morgan fingerprint density at radius 2 is 1.97 bits per heavy atom. The van der Waals surface area contributed by atoms with Crippen molar-refractivity contribution in [3.05, 3.63) is 46.9 Å². The summed E-state index contributed by atoms with van der Waals surface area (Å²) in [5.41, 5.74) is 1.10. The number of piperidine rings is 1. The number of likely N-dealkylation sites (tertiary alicyclic amines) is 1. The SMILES string of the molecule is CC(C)OC(=O)N1CCC(Nc2nc3c(cnn3-c3ccccc3)c(=O)[nH]2)CC1. The fourth-order valence-electron chi connectivity index (χ4n) is 3.42. The van der Waals surface area contributed by atoms with Crippen LogP contribution in [0, 0.1) is 0 Å². The first kappa shape index (κ1) is 19.0. The minimum Gasteiger partial charge on any atom is -0.447 e. The van der Waals surface area contributed by atoms with Crippen molar-refractivity contribution in [2.75, 3.05) is 18.4 Å². The zero-order valence-corrected chi connectivity index (χ0v) is 16.5. The number of carbonyl (C=O) groups excluding carboxylic acids is 1. The molecule has 0 unspecified atom stereocenters. The van der Waals surface area contributed by atoms with Gasteiger partial charge >= 0.3 is 6.09 Å². The molecule has 0 aliphatic carbocycles. The van der Waals surface area contributed by atoms with Gasteiger partial charge in [0.05, 0.1) is 18.0 Å². The highest BCUT2D eigenvalue weighted by molar-refractivity contribution is 5.76. The number of benzene rings is 1. The Bertz CT molecular complexity index is 1050. The van der Waals surface area contributed by atoms with E-state index in [1.54, 1.807) is 9.58 Å². The van der Waals surface area contributed by atoms with E-state index in [2.05, 4.69) is 20.4 Å². The summed E-state index contributed by atoms with van der Waals surface area (Å²) in [5.74, 6) is 0.406. The van der Waals surface area contributed by atoms with E-state index in [9.17, 15) is 9.59 Å². The van der Waals surface area contributed by atoms with Crippen molar-refractivity contribution in [2.45, 2.75) is 38.8 Å². The summed E-state index contributed by atoms with van der Waals surface area (Å²) in [5, 5.41) is 8.05. The van der Waals surface area contributed by atoms with Gasteiger partial charge < -0.3 is 15.0 Å². The normalized spacial score (nSPS) is 15.1. The Balaban J connectivity index is 1.49. The molecule has 0 bridgehead atoms. The molecule has 2 aromatic heterocycles. The maximum absolute atomic E-state index is 12.5. The Hall–Kier alpha value is -3.36. The van der Waals surface area contributed by atoms with Crippen LogP contribution in [-0.4, -0.2) is 56.0 Å². The number of nitrogens with zero attached hydrogens (tertiary/aromatic N) is 4. The fourth-order valence-corrected chi connectivity index (χ4v) is 3.42. The number of H-pyrrole nitrogens is 1. The quantitative estimate of drug-likeness (QED) is 0.702. The third kappa shape index (κ3) is 4.08. The van der Waals surface area contributed by atoms with Crippen molar-refractivity contribution in [3.8, 4) is 5.69 Å². The maximum atomic E-state index is 12.5. The Kier molecular flexibility index (Phi) is 5.20. The minimum absolute atomic E-state index is 0.104. The largest absolute Gasteiger partial charge is 0.447 e. The molecule has 0 radical (unpaired) electrons. The summed E-state index contributed by atoms with van der Waals surface area (Å²) in [6.07, 6.45) is 2.60. The third-order valence-electron chi connectivity index (χ3n) is 4.87. The van der Waals surface area contributed by atoms with Crippen molar-refractivity contribution < 1.29 is 9.53 Å². The lowest BCUT2D eigenvalue weighted by atomic mass is 10.1. The second-order valence-corrected chi connectivity index (χ2v) is 7.38. The van der Waals surface area contributed by atoms with Gasteiger partial charge in [-0.2, -0.15) is 10.1 Å². The molecule has 0 saturated carbocycles. The average Bonchev–Trinajstić information content (AvgIpc) is 3.13. The topological polar surface area (TPSA) is 105 Å². The summed E-state index contributed by atoms with van der Waals surface area (Å²) in [7, 11) is 0. The van der Waals surface area contributed by atoms with Crippen molar-refractivity contribution in [1.29, 1.82) is 0 Å². The lowest BCUT2D eigenvalue weighted by molar-refractivity contribution is 0.0701. The van der Waals surface area contributed by atoms with Crippen LogP contribution < -0.4 is 10.9 Å². The highest BCUT2D eigenvalue weighted by Crippen LogP contribution is 2.18. The number of anilines is 1. The van der Waals surface area contributed by atoms with Crippen molar-refractivity contribution in [1.82, 2.24) is 24.6 Å². The lowest BCUT2D eigenvalue weighted by Crippen LogP contribution is -2.43. The molecule has 3 heterocycles. The van der Waals surface area contributed by atoms with Crippen LogP contribution in [0.4, 0.5) is 10.7 Å². The number of hydrogen-bond donors (Lipinski definition) is 2. The Morgan fingerprint density at radius 1 is 1.24 bits per heavy atom. The molecule has 1 aromatic carbocycles. The van der Waals surface area contributed by atoms with Crippen LogP contribution in [0.25, 0.3) is 16.7 Å². The molecular formula is C20H24N6O3. The monoisotopic (exact) mass is 396 g/mol. The number of amides is 1. The van der Waals surface area contributed by atoms with Gasteiger partial charge in [0, 0.05) is 19.1 Å². The second kappa shape index (κ2) is 7.94. The van der Waals surface area contributed by atoms with Crippen LogP contribution in [0.1, 0.15) is 26.7 Å². The molecule has 1 fully saturated rings. The van der Waals surface area contributed by atoms with Crippen LogP contribution in [0.2, 0.25) is 0 Å². The Labute approximate surface area is 167 Å². The van der Waals surface area contributed by atoms with Gasteiger partial charge in [-0.25, -0.2) is 9.48 Å². The molecule has 9 heteroatoms. The highest BCUT2D eigenvalue weighted by Gasteiger charge is 2.25. The van der Waals surface area contributed by atoms with E-state index >= 15 is 0 Å². The minimum atomic E-state index is -0.279. The first-order valence-electron chi connectivity index (χ1n) is 9.77. The molecular weight excluding hydrogens is 372 g/mol.